The molecule has 0 aromatic carbocycles. The predicted molar refractivity (Wildman–Crippen MR) is 59.2 cm³/mol. The van der Waals surface area contributed by atoms with Crippen molar-refractivity contribution in [2.24, 2.45) is 0 Å². The van der Waals surface area contributed by atoms with Crippen molar-refractivity contribution >= 4 is 0 Å². The molecule has 3 nitrogen and oxygen atoms in total. The molecular weight excluding hydrogens is 176 g/mol. The molecule has 0 aromatic heterocycles. The Bertz CT molecular complexity index is 167. The Morgan fingerprint density at radius 1 is 1.21 bits per heavy atom. The molecule has 0 unspecified atom stereocenters. The van der Waals surface area contributed by atoms with Gasteiger partial charge in [-0.25, -0.2) is 0 Å². The van der Waals surface area contributed by atoms with E-state index >= 15 is 0 Å². The van der Waals surface area contributed by atoms with Crippen LogP contribution in [0.25, 0.3) is 0 Å². The van der Waals surface area contributed by atoms with Crippen molar-refractivity contribution in [1.29, 1.82) is 0 Å². The highest BCUT2D eigenvalue weighted by molar-refractivity contribution is 4.97. The lowest BCUT2D eigenvalue weighted by atomic mass is 9.89. The third kappa shape index (κ3) is 2.27. The second-order valence-corrected chi connectivity index (χ2v) is 4.52. The second-order valence-electron chi connectivity index (χ2n) is 4.52. The molecule has 2 fully saturated rings. The lowest BCUT2D eigenvalue weighted by Gasteiger charge is -2.39. The monoisotopic (exact) mass is 200 g/mol. The minimum Gasteiger partial charge on any atom is -0.400 e. The standard InChI is InChI=1S/C10H20N2.CH4O/c1-9-8-12(2)10(11-9)6-4-3-5-7-10;1-2/h9,11H,3-8H2,1-2H3;2H,1H3/t9-;/m0./s1. The van der Waals surface area contributed by atoms with Crippen molar-refractivity contribution < 1.29 is 5.11 Å². The van der Waals surface area contributed by atoms with Gasteiger partial charge in [0.15, 0.2) is 0 Å². The second kappa shape index (κ2) is 5.10. The predicted octanol–water partition coefficient (Wildman–Crippen LogP) is 1.18. The molecule has 1 spiro atoms. The van der Waals surface area contributed by atoms with Gasteiger partial charge in [0.25, 0.3) is 0 Å². The van der Waals surface area contributed by atoms with E-state index < -0.39 is 0 Å². The number of nitrogens with one attached hydrogen (secondary N) is 1. The van der Waals surface area contributed by atoms with E-state index in [9.17, 15) is 0 Å². The van der Waals surface area contributed by atoms with Crippen molar-refractivity contribution in [3.63, 3.8) is 0 Å². The first-order valence-corrected chi connectivity index (χ1v) is 5.67. The van der Waals surface area contributed by atoms with E-state index in [0.29, 0.717) is 11.7 Å². The van der Waals surface area contributed by atoms with Gasteiger partial charge in [-0.1, -0.05) is 19.3 Å². The number of nitrogens with zero attached hydrogens (tertiary/aromatic N) is 1. The van der Waals surface area contributed by atoms with Crippen LogP contribution < -0.4 is 5.32 Å². The molecule has 1 saturated carbocycles. The molecule has 0 radical (unpaired) electrons. The van der Waals surface area contributed by atoms with Gasteiger partial charge in [0.1, 0.15) is 0 Å². The first kappa shape index (κ1) is 12.0. The molecule has 1 atom stereocenters. The summed E-state index contributed by atoms with van der Waals surface area (Å²) >= 11 is 0. The average molecular weight is 200 g/mol. The number of aliphatic hydroxyl groups is 1. The van der Waals surface area contributed by atoms with Crippen molar-refractivity contribution in [2.45, 2.75) is 50.7 Å². The summed E-state index contributed by atoms with van der Waals surface area (Å²) in [5, 5.41) is 10.7. The highest BCUT2D eigenvalue weighted by atomic mass is 16.2. The van der Waals surface area contributed by atoms with Gasteiger partial charge in [0, 0.05) is 19.7 Å². The molecule has 2 aliphatic rings. The fourth-order valence-electron chi connectivity index (χ4n) is 2.86. The summed E-state index contributed by atoms with van der Waals surface area (Å²) in [6.45, 7) is 3.51. The van der Waals surface area contributed by atoms with Gasteiger partial charge >= 0.3 is 0 Å². The van der Waals surface area contributed by atoms with Crippen LogP contribution in [0.5, 0.6) is 0 Å². The van der Waals surface area contributed by atoms with Crippen LogP contribution in [0.4, 0.5) is 0 Å². The van der Waals surface area contributed by atoms with E-state index in [1.54, 1.807) is 0 Å². The van der Waals surface area contributed by atoms with Gasteiger partial charge in [-0.3, -0.25) is 10.2 Å². The fraction of sp³-hybridized carbons (Fsp3) is 1.00. The van der Waals surface area contributed by atoms with Crippen molar-refractivity contribution in [2.75, 3.05) is 20.7 Å². The number of hydrogen-bond donors (Lipinski definition) is 2. The van der Waals surface area contributed by atoms with E-state index in [4.69, 9.17) is 5.11 Å². The highest BCUT2D eigenvalue weighted by Gasteiger charge is 2.41. The Morgan fingerprint density at radius 3 is 2.21 bits per heavy atom. The maximum atomic E-state index is 7.00. The summed E-state index contributed by atoms with van der Waals surface area (Å²) in [5.41, 5.74) is 0.387. The van der Waals surface area contributed by atoms with Gasteiger partial charge in [-0.2, -0.15) is 0 Å². The van der Waals surface area contributed by atoms with Gasteiger partial charge < -0.3 is 5.11 Å². The third-order valence-corrected chi connectivity index (χ3v) is 3.47. The number of aliphatic hydroxyl groups excluding tert-OH is 1. The van der Waals surface area contributed by atoms with Crippen LogP contribution in [-0.4, -0.2) is 42.4 Å². The minimum absolute atomic E-state index is 0.387. The van der Waals surface area contributed by atoms with Gasteiger partial charge in [0.05, 0.1) is 5.66 Å². The van der Waals surface area contributed by atoms with Crippen LogP contribution in [0.2, 0.25) is 0 Å². The summed E-state index contributed by atoms with van der Waals surface area (Å²) in [6.07, 6.45) is 6.96. The molecule has 3 heteroatoms. The molecule has 2 rings (SSSR count). The lowest BCUT2D eigenvalue weighted by Crippen LogP contribution is -2.51. The smallest absolute Gasteiger partial charge is 0.0712 e. The van der Waals surface area contributed by atoms with Crippen LogP contribution in [0, 0.1) is 0 Å². The Balaban J connectivity index is 0.000000461. The maximum Gasteiger partial charge on any atom is 0.0712 e. The van der Waals surface area contributed by atoms with Crippen molar-refractivity contribution in [1.82, 2.24) is 10.2 Å². The summed E-state index contributed by atoms with van der Waals surface area (Å²) < 4.78 is 0. The quantitative estimate of drug-likeness (QED) is 0.616. The molecule has 0 bridgehead atoms. The highest BCUT2D eigenvalue weighted by Crippen LogP contribution is 2.34. The number of hydrogen-bond acceptors (Lipinski definition) is 3. The van der Waals surface area contributed by atoms with E-state index in [-0.39, 0.29) is 0 Å². The number of likely N-dealkylation sites (N-methyl/N-ethyl adjacent to an activating group) is 1. The molecule has 2 N–H and O–H groups in total. The van der Waals surface area contributed by atoms with Crippen molar-refractivity contribution in [3.05, 3.63) is 0 Å². The Kier molecular flexibility index (Phi) is 4.35. The van der Waals surface area contributed by atoms with Crippen LogP contribution >= 0.6 is 0 Å². The van der Waals surface area contributed by atoms with Gasteiger partial charge in [-0.15, -0.1) is 0 Å². The van der Waals surface area contributed by atoms with Crippen LogP contribution in [0.1, 0.15) is 39.0 Å². The molecule has 0 aromatic rings. The zero-order chi connectivity index (χ0) is 10.6. The van der Waals surface area contributed by atoms with E-state index in [2.05, 4.69) is 24.2 Å². The average Bonchev–Trinajstić information content (AvgIpc) is 2.46. The zero-order valence-corrected chi connectivity index (χ0v) is 9.71. The van der Waals surface area contributed by atoms with E-state index in [1.807, 2.05) is 0 Å². The van der Waals surface area contributed by atoms with Crippen LogP contribution in [0.15, 0.2) is 0 Å². The summed E-state index contributed by atoms with van der Waals surface area (Å²) in [7, 11) is 3.27. The van der Waals surface area contributed by atoms with Crippen LogP contribution in [0.3, 0.4) is 0 Å². The topological polar surface area (TPSA) is 35.5 Å². The lowest BCUT2D eigenvalue weighted by molar-refractivity contribution is 0.0993. The number of rotatable bonds is 0. The molecule has 1 aliphatic carbocycles. The molecule has 1 saturated heterocycles. The van der Waals surface area contributed by atoms with E-state index in [0.717, 1.165) is 7.11 Å². The normalized spacial score (nSPS) is 31.3. The maximum absolute atomic E-state index is 7.00. The fourth-order valence-corrected chi connectivity index (χ4v) is 2.86. The van der Waals surface area contributed by atoms with Gasteiger partial charge in [-0.05, 0) is 26.8 Å². The Hall–Kier alpha value is -0.120. The van der Waals surface area contributed by atoms with Crippen LogP contribution in [-0.2, 0) is 0 Å². The zero-order valence-electron chi connectivity index (χ0n) is 9.71. The first-order chi connectivity index (χ1) is 6.73. The third-order valence-electron chi connectivity index (χ3n) is 3.47. The van der Waals surface area contributed by atoms with Gasteiger partial charge in [0.2, 0.25) is 0 Å². The minimum atomic E-state index is 0.387. The molecule has 84 valence electrons. The molecule has 14 heavy (non-hydrogen) atoms. The summed E-state index contributed by atoms with van der Waals surface area (Å²) in [5.74, 6) is 0. The first-order valence-electron chi connectivity index (χ1n) is 5.67. The van der Waals surface area contributed by atoms with Crippen molar-refractivity contribution in [3.8, 4) is 0 Å². The largest absolute Gasteiger partial charge is 0.400 e. The summed E-state index contributed by atoms with van der Waals surface area (Å²) in [4.78, 5) is 2.52. The molecule has 1 heterocycles. The molecule has 0 amide bonds. The molecular formula is C11H24N2O. The Morgan fingerprint density at radius 2 is 1.79 bits per heavy atom. The molecule has 1 aliphatic heterocycles. The SMILES string of the molecule is CO.C[C@H]1CN(C)C2(CCCCC2)N1. The Labute approximate surface area is 87.5 Å². The van der Waals surface area contributed by atoms with E-state index in [1.165, 1.54) is 38.6 Å². The summed E-state index contributed by atoms with van der Waals surface area (Å²) in [6, 6.07) is 0.688.